The molecular weight excluding hydrogens is 243 g/mol. The number of anilines is 1. The zero-order valence-corrected chi connectivity index (χ0v) is 10.6. The highest BCUT2D eigenvalue weighted by molar-refractivity contribution is 7.92. The lowest BCUT2D eigenvalue weighted by Crippen LogP contribution is -2.29. The van der Waals surface area contributed by atoms with Crippen LogP contribution >= 0.6 is 0 Å². The Labute approximate surface area is 101 Å². The van der Waals surface area contributed by atoms with E-state index < -0.39 is 15.8 Å². The zero-order chi connectivity index (χ0) is 12.9. The lowest BCUT2D eigenvalue weighted by atomic mass is 10.3. The number of unbranched alkanes of at least 4 members (excludes halogenated alkanes) is 1. The first-order valence-corrected chi connectivity index (χ1v) is 7.00. The summed E-state index contributed by atoms with van der Waals surface area (Å²) in [6.45, 7) is 0.471. The summed E-state index contributed by atoms with van der Waals surface area (Å²) >= 11 is 0. The Hall–Kier alpha value is -1.14. The van der Waals surface area contributed by atoms with Crippen molar-refractivity contribution in [1.82, 2.24) is 0 Å². The van der Waals surface area contributed by atoms with Crippen LogP contribution < -0.4 is 10.0 Å². The van der Waals surface area contributed by atoms with E-state index in [9.17, 15) is 12.8 Å². The van der Waals surface area contributed by atoms with Crippen molar-refractivity contribution in [1.29, 1.82) is 0 Å². The second kappa shape index (κ2) is 5.97. The maximum atomic E-state index is 13.0. The Morgan fingerprint density at radius 1 is 1.35 bits per heavy atom. The van der Waals surface area contributed by atoms with Crippen molar-refractivity contribution in [3.05, 3.63) is 30.1 Å². The lowest BCUT2D eigenvalue weighted by molar-refractivity contribution is 0.590. The van der Waals surface area contributed by atoms with Crippen molar-refractivity contribution in [2.24, 2.45) is 5.73 Å². The van der Waals surface area contributed by atoms with Gasteiger partial charge in [-0.05, 0) is 37.6 Å². The highest BCUT2D eigenvalue weighted by Gasteiger charge is 2.17. The predicted molar refractivity (Wildman–Crippen MR) is 66.9 cm³/mol. The molecule has 0 aliphatic carbocycles. The first kappa shape index (κ1) is 13.9. The fourth-order valence-corrected chi connectivity index (χ4v) is 2.68. The van der Waals surface area contributed by atoms with Gasteiger partial charge >= 0.3 is 0 Å². The van der Waals surface area contributed by atoms with Gasteiger partial charge in [0.25, 0.3) is 0 Å². The summed E-state index contributed by atoms with van der Waals surface area (Å²) in [5.74, 6) is -0.427. The van der Waals surface area contributed by atoms with Gasteiger partial charge in [0.15, 0.2) is 0 Å². The first-order chi connectivity index (χ1) is 7.97. The smallest absolute Gasteiger partial charge is 0.234 e. The standard InChI is InChI=1S/C11H17FN2O2S/c1-14(11-6-4-5-10(12)9-11)17(15,16)8-3-2-7-13/h4-6,9H,2-3,7-8,13H2,1H3. The van der Waals surface area contributed by atoms with Crippen molar-refractivity contribution >= 4 is 15.7 Å². The quantitative estimate of drug-likeness (QED) is 0.785. The zero-order valence-electron chi connectivity index (χ0n) is 9.77. The molecule has 2 N–H and O–H groups in total. The summed E-state index contributed by atoms with van der Waals surface area (Å²) in [5.41, 5.74) is 5.64. The van der Waals surface area contributed by atoms with Gasteiger partial charge in [-0.25, -0.2) is 12.8 Å². The monoisotopic (exact) mass is 260 g/mol. The molecule has 0 radical (unpaired) electrons. The Balaban J connectivity index is 2.78. The second-order valence-electron chi connectivity index (χ2n) is 3.76. The van der Waals surface area contributed by atoms with Gasteiger partial charge in [-0.1, -0.05) is 6.07 Å². The average molecular weight is 260 g/mol. The Bertz CT molecular complexity index is 462. The van der Waals surface area contributed by atoms with Crippen molar-refractivity contribution < 1.29 is 12.8 Å². The number of hydrogen-bond donors (Lipinski definition) is 1. The SMILES string of the molecule is CN(c1cccc(F)c1)S(=O)(=O)CCCCN. The maximum Gasteiger partial charge on any atom is 0.234 e. The molecule has 0 unspecified atom stereocenters. The minimum Gasteiger partial charge on any atom is -0.330 e. The Morgan fingerprint density at radius 2 is 2.06 bits per heavy atom. The lowest BCUT2D eigenvalue weighted by Gasteiger charge is -2.19. The normalized spacial score (nSPS) is 11.5. The predicted octanol–water partition coefficient (Wildman–Crippen LogP) is 1.33. The number of nitrogens with two attached hydrogens (primary N) is 1. The molecule has 0 bridgehead atoms. The summed E-state index contributed by atoms with van der Waals surface area (Å²) in [7, 11) is -1.97. The number of nitrogens with zero attached hydrogens (tertiary/aromatic N) is 1. The molecule has 1 aromatic rings. The molecule has 0 fully saturated rings. The van der Waals surface area contributed by atoms with Gasteiger partial charge in [0, 0.05) is 7.05 Å². The molecule has 0 amide bonds. The largest absolute Gasteiger partial charge is 0.330 e. The second-order valence-corrected chi connectivity index (χ2v) is 5.88. The molecule has 1 aromatic carbocycles. The average Bonchev–Trinajstić information content (AvgIpc) is 2.28. The molecule has 96 valence electrons. The first-order valence-electron chi connectivity index (χ1n) is 5.39. The van der Waals surface area contributed by atoms with Crippen LogP contribution in [0.5, 0.6) is 0 Å². The van der Waals surface area contributed by atoms with Crippen molar-refractivity contribution in [3.8, 4) is 0 Å². The topological polar surface area (TPSA) is 63.4 Å². The number of sulfonamides is 1. The van der Waals surface area contributed by atoms with E-state index in [1.807, 2.05) is 0 Å². The van der Waals surface area contributed by atoms with Crippen LogP contribution in [-0.2, 0) is 10.0 Å². The molecule has 0 saturated heterocycles. The minimum atomic E-state index is -3.39. The van der Waals surface area contributed by atoms with Gasteiger partial charge < -0.3 is 5.73 Å². The van der Waals surface area contributed by atoms with Crippen LogP contribution in [0.15, 0.2) is 24.3 Å². The molecule has 1 rings (SSSR count). The number of benzene rings is 1. The van der Waals surface area contributed by atoms with Gasteiger partial charge in [-0.15, -0.1) is 0 Å². The van der Waals surface area contributed by atoms with Crippen LogP contribution in [0.1, 0.15) is 12.8 Å². The third-order valence-electron chi connectivity index (χ3n) is 2.45. The van der Waals surface area contributed by atoms with Crippen LogP contribution in [0.25, 0.3) is 0 Å². The number of halogens is 1. The van der Waals surface area contributed by atoms with Crippen LogP contribution in [-0.4, -0.2) is 27.8 Å². The number of rotatable bonds is 6. The third kappa shape index (κ3) is 3.98. The Kier molecular flexibility index (Phi) is 4.89. The highest BCUT2D eigenvalue weighted by Crippen LogP contribution is 2.17. The number of hydrogen-bond acceptors (Lipinski definition) is 3. The molecule has 0 saturated carbocycles. The van der Waals surface area contributed by atoms with Crippen LogP contribution in [0.4, 0.5) is 10.1 Å². The van der Waals surface area contributed by atoms with E-state index in [2.05, 4.69) is 0 Å². The van der Waals surface area contributed by atoms with Crippen LogP contribution in [0, 0.1) is 5.82 Å². The molecule has 0 aromatic heterocycles. The van der Waals surface area contributed by atoms with E-state index in [0.717, 1.165) is 4.31 Å². The van der Waals surface area contributed by atoms with E-state index in [4.69, 9.17) is 5.73 Å². The van der Waals surface area contributed by atoms with Gasteiger partial charge in [-0.3, -0.25) is 4.31 Å². The van der Waals surface area contributed by atoms with Crippen LogP contribution in [0.3, 0.4) is 0 Å². The van der Waals surface area contributed by atoms with E-state index in [-0.39, 0.29) is 5.75 Å². The van der Waals surface area contributed by atoms with Crippen LogP contribution in [0.2, 0.25) is 0 Å². The van der Waals surface area contributed by atoms with Crippen molar-refractivity contribution in [2.75, 3.05) is 23.7 Å². The minimum absolute atomic E-state index is 0.0250. The molecule has 0 aliphatic heterocycles. The highest BCUT2D eigenvalue weighted by atomic mass is 32.2. The summed E-state index contributed by atoms with van der Waals surface area (Å²) in [5, 5.41) is 0. The summed E-state index contributed by atoms with van der Waals surface area (Å²) in [4.78, 5) is 0. The fraction of sp³-hybridized carbons (Fsp3) is 0.455. The van der Waals surface area contributed by atoms with E-state index >= 15 is 0 Å². The molecule has 17 heavy (non-hydrogen) atoms. The molecular formula is C11H17FN2O2S. The van der Waals surface area contributed by atoms with E-state index in [0.29, 0.717) is 25.1 Å². The fourth-order valence-electron chi connectivity index (χ4n) is 1.40. The van der Waals surface area contributed by atoms with Gasteiger partial charge in [0.05, 0.1) is 11.4 Å². The third-order valence-corrected chi connectivity index (χ3v) is 4.30. The van der Waals surface area contributed by atoms with Gasteiger partial charge in [0.1, 0.15) is 5.82 Å². The summed E-state index contributed by atoms with van der Waals surface area (Å²) < 4.78 is 37.8. The molecule has 6 heteroatoms. The van der Waals surface area contributed by atoms with Crippen molar-refractivity contribution in [2.45, 2.75) is 12.8 Å². The molecule has 0 atom stereocenters. The summed E-state index contributed by atoms with van der Waals surface area (Å²) in [6, 6.07) is 5.51. The summed E-state index contributed by atoms with van der Waals surface area (Å²) in [6.07, 6.45) is 1.18. The Morgan fingerprint density at radius 3 is 2.65 bits per heavy atom. The van der Waals surface area contributed by atoms with E-state index in [1.165, 1.54) is 25.2 Å². The molecule has 0 spiro atoms. The molecule has 4 nitrogen and oxygen atoms in total. The molecule has 0 heterocycles. The van der Waals surface area contributed by atoms with Crippen molar-refractivity contribution in [3.63, 3.8) is 0 Å². The van der Waals surface area contributed by atoms with Gasteiger partial charge in [0.2, 0.25) is 10.0 Å². The maximum absolute atomic E-state index is 13.0. The molecule has 0 aliphatic rings. The van der Waals surface area contributed by atoms with E-state index in [1.54, 1.807) is 6.07 Å². The van der Waals surface area contributed by atoms with Gasteiger partial charge in [-0.2, -0.15) is 0 Å².